The standard InChI is InChI=1S/C30H35Cl2N3O4S/c1-20-14-16-24(17-15-20)40(38,39)35(27-13-9-12-25(31)21(27)2)19-28(36)34(18-23-10-7-8-11-26(23)32)22(3)29(37)33-30(4,5)6/h7-17,22H,18-19H2,1-6H3,(H,33,37). The first-order valence-electron chi connectivity index (χ1n) is 12.8. The molecule has 0 aliphatic rings. The predicted molar refractivity (Wildman–Crippen MR) is 161 cm³/mol. The molecule has 0 aromatic heterocycles. The van der Waals surface area contributed by atoms with E-state index in [1.54, 1.807) is 68.4 Å². The molecule has 7 nitrogen and oxygen atoms in total. The topological polar surface area (TPSA) is 86.8 Å². The van der Waals surface area contributed by atoms with Gasteiger partial charge in [-0.15, -0.1) is 0 Å². The van der Waals surface area contributed by atoms with E-state index in [0.29, 0.717) is 21.2 Å². The van der Waals surface area contributed by atoms with Gasteiger partial charge in [-0.05, 0) is 83.0 Å². The van der Waals surface area contributed by atoms with Gasteiger partial charge >= 0.3 is 0 Å². The first-order valence-corrected chi connectivity index (χ1v) is 15.0. The van der Waals surface area contributed by atoms with Crippen LogP contribution in [0.25, 0.3) is 0 Å². The molecule has 214 valence electrons. The molecule has 0 saturated carbocycles. The van der Waals surface area contributed by atoms with Gasteiger partial charge in [-0.1, -0.05) is 65.2 Å². The Kier molecular flexibility index (Phi) is 9.93. The summed E-state index contributed by atoms with van der Waals surface area (Å²) in [4.78, 5) is 28.6. The summed E-state index contributed by atoms with van der Waals surface area (Å²) in [5, 5.41) is 3.69. The molecular weight excluding hydrogens is 569 g/mol. The lowest BCUT2D eigenvalue weighted by Crippen LogP contribution is -2.54. The maximum absolute atomic E-state index is 14.0. The van der Waals surface area contributed by atoms with Crippen LogP contribution in [0.3, 0.4) is 0 Å². The van der Waals surface area contributed by atoms with E-state index in [0.717, 1.165) is 9.87 Å². The minimum absolute atomic E-state index is 0.00415. The fourth-order valence-corrected chi connectivity index (χ4v) is 5.92. The van der Waals surface area contributed by atoms with Crippen molar-refractivity contribution in [1.29, 1.82) is 0 Å². The van der Waals surface area contributed by atoms with Gasteiger partial charge in [0.15, 0.2) is 0 Å². The van der Waals surface area contributed by atoms with Crippen LogP contribution in [0, 0.1) is 13.8 Å². The summed E-state index contributed by atoms with van der Waals surface area (Å²) in [6, 6.07) is 17.4. The van der Waals surface area contributed by atoms with Crippen LogP contribution >= 0.6 is 23.2 Å². The van der Waals surface area contributed by atoms with Crippen LogP contribution in [0.4, 0.5) is 5.69 Å². The summed E-state index contributed by atoms with van der Waals surface area (Å²) >= 11 is 12.8. The maximum Gasteiger partial charge on any atom is 0.264 e. The molecule has 40 heavy (non-hydrogen) atoms. The predicted octanol–water partition coefficient (Wildman–Crippen LogP) is 6.14. The van der Waals surface area contributed by atoms with Crippen LogP contribution in [0.5, 0.6) is 0 Å². The summed E-state index contributed by atoms with van der Waals surface area (Å²) in [5.41, 5.74) is 1.75. The van der Waals surface area contributed by atoms with E-state index >= 15 is 0 Å². The second kappa shape index (κ2) is 12.6. The van der Waals surface area contributed by atoms with E-state index in [4.69, 9.17) is 23.2 Å². The fourth-order valence-electron chi connectivity index (χ4n) is 4.08. The third-order valence-corrected chi connectivity index (χ3v) is 8.91. The molecule has 0 aliphatic carbocycles. The van der Waals surface area contributed by atoms with Gasteiger partial charge in [0, 0.05) is 22.1 Å². The number of aryl methyl sites for hydroxylation is 1. The largest absolute Gasteiger partial charge is 0.350 e. The van der Waals surface area contributed by atoms with Crippen LogP contribution in [0.2, 0.25) is 10.0 Å². The van der Waals surface area contributed by atoms with E-state index in [2.05, 4.69) is 5.32 Å². The van der Waals surface area contributed by atoms with Crippen molar-refractivity contribution in [3.63, 3.8) is 0 Å². The van der Waals surface area contributed by atoms with Crippen molar-refractivity contribution >= 4 is 50.7 Å². The number of carbonyl (C=O) groups excluding carboxylic acids is 2. The number of sulfonamides is 1. The van der Waals surface area contributed by atoms with E-state index in [1.807, 2.05) is 27.7 Å². The molecular formula is C30H35Cl2N3O4S. The molecule has 1 atom stereocenters. The van der Waals surface area contributed by atoms with Gasteiger partial charge in [-0.2, -0.15) is 0 Å². The molecule has 10 heteroatoms. The number of amides is 2. The number of nitrogens with one attached hydrogen (secondary N) is 1. The molecule has 1 N–H and O–H groups in total. The Hall–Kier alpha value is -3.07. The SMILES string of the molecule is Cc1ccc(S(=O)(=O)N(CC(=O)N(Cc2ccccc2Cl)C(C)C(=O)NC(C)(C)C)c2cccc(Cl)c2C)cc1. The van der Waals surface area contributed by atoms with Crippen molar-refractivity contribution in [2.45, 2.75) is 64.6 Å². The Labute approximate surface area is 247 Å². The normalized spacial score (nSPS) is 12.5. The summed E-state index contributed by atoms with van der Waals surface area (Å²) in [7, 11) is -4.19. The molecule has 0 fully saturated rings. The van der Waals surface area contributed by atoms with Gasteiger partial charge in [0.05, 0.1) is 10.6 Å². The molecule has 0 saturated heterocycles. The Morgan fingerprint density at radius 3 is 2.10 bits per heavy atom. The Balaban J connectivity index is 2.09. The van der Waals surface area contributed by atoms with Crippen molar-refractivity contribution < 1.29 is 18.0 Å². The summed E-state index contributed by atoms with van der Waals surface area (Å²) in [6.07, 6.45) is 0. The molecule has 0 bridgehead atoms. The van der Waals surface area contributed by atoms with Gasteiger partial charge in [-0.25, -0.2) is 8.42 Å². The molecule has 0 spiro atoms. The monoisotopic (exact) mass is 603 g/mol. The van der Waals surface area contributed by atoms with Crippen LogP contribution in [-0.4, -0.2) is 43.3 Å². The highest BCUT2D eigenvalue weighted by atomic mass is 35.5. The first-order chi connectivity index (χ1) is 18.6. The minimum Gasteiger partial charge on any atom is -0.350 e. The smallest absolute Gasteiger partial charge is 0.264 e. The summed E-state index contributed by atoms with van der Waals surface area (Å²) < 4.78 is 29.0. The number of nitrogens with zero attached hydrogens (tertiary/aromatic N) is 2. The van der Waals surface area contributed by atoms with Crippen LogP contribution in [-0.2, 0) is 26.2 Å². The van der Waals surface area contributed by atoms with Crippen LogP contribution < -0.4 is 9.62 Å². The van der Waals surface area contributed by atoms with Gasteiger partial charge in [0.2, 0.25) is 11.8 Å². The van der Waals surface area contributed by atoms with E-state index in [-0.39, 0.29) is 23.0 Å². The number of rotatable bonds is 9. The van der Waals surface area contributed by atoms with Crippen molar-refractivity contribution in [3.05, 3.63) is 93.5 Å². The van der Waals surface area contributed by atoms with Crippen LogP contribution in [0.15, 0.2) is 71.6 Å². The van der Waals surface area contributed by atoms with Gasteiger partial charge in [0.1, 0.15) is 12.6 Å². The lowest BCUT2D eigenvalue weighted by molar-refractivity contribution is -0.140. The van der Waals surface area contributed by atoms with Crippen LogP contribution in [0.1, 0.15) is 44.4 Å². The number of anilines is 1. The number of hydrogen-bond acceptors (Lipinski definition) is 4. The van der Waals surface area contributed by atoms with Crippen molar-refractivity contribution in [1.82, 2.24) is 10.2 Å². The minimum atomic E-state index is -4.19. The highest BCUT2D eigenvalue weighted by Crippen LogP contribution is 2.31. The molecule has 0 radical (unpaired) electrons. The lowest BCUT2D eigenvalue weighted by Gasteiger charge is -2.34. The highest BCUT2D eigenvalue weighted by Gasteiger charge is 2.34. The third kappa shape index (κ3) is 7.56. The first kappa shape index (κ1) is 31.5. The Bertz CT molecular complexity index is 1490. The van der Waals surface area contributed by atoms with Gasteiger partial charge in [0.25, 0.3) is 10.0 Å². The Morgan fingerprint density at radius 2 is 1.50 bits per heavy atom. The molecule has 3 aromatic rings. The molecule has 3 aromatic carbocycles. The van der Waals surface area contributed by atoms with Gasteiger partial charge in [-0.3, -0.25) is 13.9 Å². The number of hydrogen-bond donors (Lipinski definition) is 1. The second-order valence-corrected chi connectivity index (χ2v) is 13.4. The van der Waals surface area contributed by atoms with E-state index < -0.39 is 34.1 Å². The zero-order valence-electron chi connectivity index (χ0n) is 23.5. The summed E-state index contributed by atoms with van der Waals surface area (Å²) in [5.74, 6) is -0.952. The molecule has 0 aliphatic heterocycles. The fraction of sp³-hybridized carbons (Fsp3) is 0.333. The van der Waals surface area contributed by atoms with Crippen molar-refractivity contribution in [2.24, 2.45) is 0 Å². The lowest BCUT2D eigenvalue weighted by atomic mass is 10.1. The number of halogens is 2. The number of carbonyl (C=O) groups is 2. The van der Waals surface area contributed by atoms with Gasteiger partial charge < -0.3 is 10.2 Å². The summed E-state index contributed by atoms with van der Waals surface area (Å²) in [6.45, 7) is 10.1. The van der Waals surface area contributed by atoms with E-state index in [9.17, 15) is 18.0 Å². The second-order valence-electron chi connectivity index (χ2n) is 10.7. The van der Waals surface area contributed by atoms with Crippen molar-refractivity contribution in [2.75, 3.05) is 10.8 Å². The molecule has 2 amide bonds. The molecule has 3 rings (SSSR count). The van der Waals surface area contributed by atoms with Crippen molar-refractivity contribution in [3.8, 4) is 0 Å². The molecule has 0 heterocycles. The Morgan fingerprint density at radius 1 is 0.900 bits per heavy atom. The highest BCUT2D eigenvalue weighted by molar-refractivity contribution is 7.92. The number of benzene rings is 3. The average Bonchev–Trinajstić information content (AvgIpc) is 2.87. The molecule has 1 unspecified atom stereocenters. The third-order valence-electron chi connectivity index (χ3n) is 6.36. The van der Waals surface area contributed by atoms with E-state index in [1.165, 1.54) is 17.0 Å². The maximum atomic E-state index is 14.0. The quantitative estimate of drug-likeness (QED) is 0.318. The average molecular weight is 605 g/mol. The zero-order valence-corrected chi connectivity index (χ0v) is 25.9. The zero-order chi connectivity index (χ0) is 29.8.